The summed E-state index contributed by atoms with van der Waals surface area (Å²) in [6.07, 6.45) is 0. The minimum Gasteiger partial charge on any atom is -0.324 e. The zero-order valence-corrected chi connectivity index (χ0v) is 32.9. The lowest BCUT2D eigenvalue weighted by atomic mass is 10.1. The number of nitrogens with one attached hydrogen (secondary N) is 2. The Morgan fingerprint density at radius 2 is 1.12 bits per heavy atom. The molecule has 0 aliphatic heterocycles. The van der Waals surface area contributed by atoms with Crippen LogP contribution in [0.1, 0.15) is 5.56 Å². The molecule has 21 nitrogen and oxygen atoms in total. The maximum Gasteiger partial charge on any atom is 0.296 e. The van der Waals surface area contributed by atoms with Crippen LogP contribution in [0.2, 0.25) is 5.28 Å². The molecule has 0 radical (unpaired) electrons. The van der Waals surface area contributed by atoms with E-state index in [9.17, 15) is 51.9 Å². The maximum absolute atomic E-state index is 12.0. The van der Waals surface area contributed by atoms with Gasteiger partial charge >= 0.3 is 0 Å². The minimum atomic E-state index is -4.91. The standard InChI is InChI=1S/C32H24ClN9O12S4/c1-17-14-18(34-31-36-30(33)37-32(38-31)35-27-16-20(56(46,47)48)8-13-29(27)58(52,53)54)6-10-23(17)39-41-25-12-11-24(21-9-7-19(15-22(21)25)55(43,44)45)40-42-26-4-2-3-5-28(26)57(49,50)51/h2-16H,1H3,(H,43,44,45)(H,46,47,48)(H,49,50,51)(H,52,53,54)(H2,34,35,36,37,38). The van der Waals surface area contributed by atoms with Crippen LogP contribution in [0, 0.1) is 6.92 Å². The number of aryl methyl sites for hydroxylation is 1. The zero-order valence-electron chi connectivity index (χ0n) is 28.9. The smallest absolute Gasteiger partial charge is 0.296 e. The number of rotatable bonds is 11. The molecule has 0 bridgehead atoms. The molecule has 6 rings (SSSR count). The first kappa shape index (κ1) is 41.7. The predicted octanol–water partition coefficient (Wildman–Crippen LogP) is 6.71. The lowest BCUT2D eigenvalue weighted by Crippen LogP contribution is -2.16. The summed E-state index contributed by atoms with van der Waals surface area (Å²) >= 11 is 6.10. The van der Waals surface area contributed by atoms with Crippen molar-refractivity contribution in [1.82, 2.24) is 15.0 Å². The second-order valence-corrected chi connectivity index (χ2v) is 17.7. The van der Waals surface area contributed by atoms with Crippen LogP contribution in [0.25, 0.3) is 10.8 Å². The highest BCUT2D eigenvalue weighted by atomic mass is 35.5. The predicted molar refractivity (Wildman–Crippen MR) is 206 cm³/mol. The van der Waals surface area contributed by atoms with Crippen molar-refractivity contribution in [2.45, 2.75) is 26.5 Å². The molecule has 300 valence electrons. The molecule has 0 saturated heterocycles. The molecule has 0 amide bonds. The number of H-pyrrole nitrogens is 1. The van der Waals surface area contributed by atoms with E-state index in [1.165, 1.54) is 36.4 Å². The number of benzene rings is 5. The summed E-state index contributed by atoms with van der Waals surface area (Å²) in [5, 5.41) is 19.7. The zero-order chi connectivity index (χ0) is 42.2. The molecule has 1 heterocycles. The Balaban J connectivity index is 1.32. The number of anilines is 2. The number of hydrogen-bond acceptors (Lipinski definition) is 16. The molecule has 0 unspecified atom stereocenters. The number of nitrogens with zero attached hydrogens (tertiary/aromatic N) is 7. The van der Waals surface area contributed by atoms with Gasteiger partial charge in [0.25, 0.3) is 40.5 Å². The van der Waals surface area contributed by atoms with Crippen LogP contribution < -0.4 is 10.9 Å². The van der Waals surface area contributed by atoms with Crippen LogP contribution in [0.15, 0.2) is 136 Å². The summed E-state index contributed by atoms with van der Waals surface area (Å²) in [6.45, 7) is 1.68. The van der Waals surface area contributed by atoms with Gasteiger partial charge in [-0.2, -0.15) is 48.8 Å². The van der Waals surface area contributed by atoms with E-state index in [0.717, 1.165) is 30.3 Å². The molecule has 0 spiro atoms. The topological polar surface area (TPSA) is 333 Å². The quantitative estimate of drug-likeness (QED) is 0.0581. The number of hydrogen-bond donors (Lipinski definition) is 6. The molecule has 1 aromatic heterocycles. The Hall–Kier alpha value is -5.90. The van der Waals surface area contributed by atoms with Crippen LogP contribution in [0.4, 0.5) is 40.1 Å². The summed E-state index contributed by atoms with van der Waals surface area (Å²) < 4.78 is 133. The maximum atomic E-state index is 12.0. The highest BCUT2D eigenvalue weighted by Crippen LogP contribution is 2.38. The van der Waals surface area contributed by atoms with Gasteiger partial charge in [-0.05, 0) is 96.9 Å². The molecule has 0 saturated carbocycles. The van der Waals surface area contributed by atoms with Crippen LogP contribution >= 0.6 is 11.6 Å². The molecule has 6 N–H and O–H groups in total. The van der Waals surface area contributed by atoms with Crippen molar-refractivity contribution in [3.8, 4) is 0 Å². The van der Waals surface area contributed by atoms with Gasteiger partial charge in [-0.25, -0.2) is 4.99 Å². The molecule has 0 fully saturated rings. The third-order valence-electron chi connectivity index (χ3n) is 7.73. The summed E-state index contributed by atoms with van der Waals surface area (Å²) in [6, 6.07) is 18.7. The van der Waals surface area contributed by atoms with Crippen molar-refractivity contribution in [3.05, 3.63) is 107 Å². The van der Waals surface area contributed by atoms with Gasteiger partial charge in [0.2, 0.25) is 16.9 Å². The SMILES string of the molecule is Cc1cc(Nc2nc(Cl)[nH]c(=Nc3cc(S(=O)(=O)O)ccc3S(=O)(=O)O)n2)ccc1N=Nc1ccc(N=Nc2ccccc2S(=O)(=O)O)c2ccc(S(=O)(=O)O)cc12. The van der Waals surface area contributed by atoms with Gasteiger partial charge in [-0.3, -0.25) is 23.2 Å². The first-order valence-electron chi connectivity index (χ1n) is 15.7. The van der Waals surface area contributed by atoms with E-state index in [0.29, 0.717) is 28.4 Å². The van der Waals surface area contributed by atoms with E-state index in [4.69, 9.17) is 11.6 Å². The van der Waals surface area contributed by atoms with Crippen molar-refractivity contribution in [2.75, 3.05) is 5.32 Å². The number of aromatic amines is 1. The fraction of sp³-hybridized carbons (Fsp3) is 0.0312. The summed E-state index contributed by atoms with van der Waals surface area (Å²) in [4.78, 5) is 12.0. The highest BCUT2D eigenvalue weighted by Gasteiger charge is 2.20. The minimum absolute atomic E-state index is 0.138. The highest BCUT2D eigenvalue weighted by molar-refractivity contribution is 7.86. The Kier molecular flexibility index (Phi) is 11.4. The Bertz CT molecular complexity index is 3250. The van der Waals surface area contributed by atoms with Gasteiger partial charge in [-0.1, -0.05) is 18.2 Å². The fourth-order valence-electron chi connectivity index (χ4n) is 5.13. The van der Waals surface area contributed by atoms with Crippen molar-refractivity contribution < 1.29 is 51.9 Å². The molecular formula is C32H24ClN9O12S4. The molecule has 5 aromatic carbocycles. The third kappa shape index (κ3) is 9.79. The number of fused-ring (bicyclic) bond motifs is 1. The van der Waals surface area contributed by atoms with E-state index in [1.54, 1.807) is 25.1 Å². The van der Waals surface area contributed by atoms with Crippen molar-refractivity contribution in [1.29, 1.82) is 0 Å². The van der Waals surface area contributed by atoms with Crippen LogP contribution in [0.3, 0.4) is 0 Å². The second kappa shape index (κ2) is 15.8. The average molecular weight is 890 g/mol. The Morgan fingerprint density at radius 1 is 0.569 bits per heavy atom. The molecule has 0 aliphatic carbocycles. The number of aromatic nitrogens is 3. The van der Waals surface area contributed by atoms with E-state index in [1.807, 2.05) is 0 Å². The van der Waals surface area contributed by atoms with Crippen molar-refractivity contribution in [2.24, 2.45) is 25.4 Å². The van der Waals surface area contributed by atoms with E-state index >= 15 is 0 Å². The first-order chi connectivity index (χ1) is 27.1. The van der Waals surface area contributed by atoms with Gasteiger partial charge < -0.3 is 5.32 Å². The first-order valence-corrected chi connectivity index (χ1v) is 21.8. The van der Waals surface area contributed by atoms with Crippen molar-refractivity contribution >= 4 is 103 Å². The van der Waals surface area contributed by atoms with E-state index in [2.05, 4.69) is 45.7 Å². The average Bonchev–Trinajstić information content (AvgIpc) is 3.12. The Labute approximate surface area is 333 Å². The van der Waals surface area contributed by atoms with Crippen molar-refractivity contribution in [3.63, 3.8) is 0 Å². The van der Waals surface area contributed by atoms with E-state index in [-0.39, 0.29) is 39.3 Å². The lowest BCUT2D eigenvalue weighted by molar-refractivity contribution is 0.478. The van der Waals surface area contributed by atoms with Gasteiger partial charge in [0.05, 0.1) is 32.5 Å². The molecule has 6 aromatic rings. The van der Waals surface area contributed by atoms with Crippen LogP contribution in [-0.2, 0) is 40.5 Å². The van der Waals surface area contributed by atoms with Gasteiger partial charge in [0.15, 0.2) is 0 Å². The second-order valence-electron chi connectivity index (χ2n) is 11.7. The number of halogens is 1. The van der Waals surface area contributed by atoms with Crippen LogP contribution in [-0.4, -0.2) is 66.8 Å². The molecular weight excluding hydrogens is 866 g/mol. The summed E-state index contributed by atoms with van der Waals surface area (Å²) in [5.41, 5.74) is 0.377. The molecule has 0 aliphatic rings. The molecule has 0 atom stereocenters. The lowest BCUT2D eigenvalue weighted by Gasteiger charge is -2.09. The third-order valence-corrected chi connectivity index (χ3v) is 11.4. The van der Waals surface area contributed by atoms with Crippen LogP contribution in [0.5, 0.6) is 0 Å². The largest absolute Gasteiger partial charge is 0.324 e. The summed E-state index contributed by atoms with van der Waals surface area (Å²) in [5.74, 6) is -0.171. The monoisotopic (exact) mass is 889 g/mol. The summed E-state index contributed by atoms with van der Waals surface area (Å²) in [7, 11) is -19.0. The molecule has 58 heavy (non-hydrogen) atoms. The normalized spacial score (nSPS) is 13.2. The van der Waals surface area contributed by atoms with Gasteiger partial charge in [0, 0.05) is 16.5 Å². The number of azo groups is 2. The van der Waals surface area contributed by atoms with Gasteiger partial charge in [0.1, 0.15) is 15.5 Å². The molecule has 26 heteroatoms. The van der Waals surface area contributed by atoms with Gasteiger partial charge in [-0.15, -0.1) is 15.3 Å². The Morgan fingerprint density at radius 3 is 1.76 bits per heavy atom. The fourth-order valence-corrected chi connectivity index (χ4v) is 7.54. The van der Waals surface area contributed by atoms with E-state index < -0.39 is 65.7 Å².